The fraction of sp³-hybridized carbons (Fsp3) is 0.857. The molecule has 2 atom stereocenters. The number of urea groups is 1. The second kappa shape index (κ2) is 9.10. The van der Waals surface area contributed by atoms with Crippen molar-refractivity contribution in [2.75, 3.05) is 25.1 Å². The highest BCUT2D eigenvalue weighted by molar-refractivity contribution is 7.98. The standard InChI is InChI=1S/C14H26N2O3S/c1-11-7-6-9-16(12(11)13(17)18)14(19)15-8-4-3-5-10-20-2/h11-12H,3-10H2,1-2H3,(H,15,19)(H,17,18). The first kappa shape index (κ1) is 17.1. The normalized spacial score (nSPS) is 22.6. The average Bonchev–Trinajstić information content (AvgIpc) is 2.41. The topological polar surface area (TPSA) is 69.6 Å². The molecule has 2 amide bonds. The molecule has 0 radical (unpaired) electrons. The summed E-state index contributed by atoms with van der Waals surface area (Å²) in [4.78, 5) is 24.9. The summed E-state index contributed by atoms with van der Waals surface area (Å²) in [6, 6.07) is -0.908. The summed E-state index contributed by atoms with van der Waals surface area (Å²) in [5.41, 5.74) is 0. The summed E-state index contributed by atoms with van der Waals surface area (Å²) in [5, 5.41) is 12.1. The number of carboxylic acid groups (broad SMARTS) is 1. The van der Waals surface area contributed by atoms with E-state index >= 15 is 0 Å². The number of rotatable bonds is 7. The Morgan fingerprint density at radius 2 is 2.10 bits per heavy atom. The Hall–Kier alpha value is -0.910. The van der Waals surface area contributed by atoms with Crippen molar-refractivity contribution < 1.29 is 14.7 Å². The van der Waals surface area contributed by atoms with Gasteiger partial charge in [0, 0.05) is 13.1 Å². The zero-order valence-corrected chi connectivity index (χ0v) is 13.2. The summed E-state index contributed by atoms with van der Waals surface area (Å²) in [6.45, 7) is 3.07. The molecule has 2 N–H and O–H groups in total. The minimum absolute atomic E-state index is 0.0218. The Morgan fingerprint density at radius 3 is 2.75 bits per heavy atom. The van der Waals surface area contributed by atoms with Crippen molar-refractivity contribution in [2.24, 2.45) is 5.92 Å². The van der Waals surface area contributed by atoms with Crippen LogP contribution in [0.3, 0.4) is 0 Å². The third-order valence-corrected chi connectivity index (χ3v) is 4.45. The monoisotopic (exact) mass is 302 g/mol. The van der Waals surface area contributed by atoms with Gasteiger partial charge in [-0.05, 0) is 43.6 Å². The number of nitrogens with zero attached hydrogens (tertiary/aromatic N) is 1. The number of piperidine rings is 1. The second-order valence-corrected chi connectivity index (χ2v) is 6.37. The fourth-order valence-electron chi connectivity index (χ4n) is 2.64. The van der Waals surface area contributed by atoms with E-state index in [-0.39, 0.29) is 11.9 Å². The SMILES string of the molecule is CSCCCCCNC(=O)N1CCCC(C)C1C(=O)O. The number of thioether (sulfide) groups is 1. The molecule has 0 bridgehead atoms. The van der Waals surface area contributed by atoms with E-state index in [1.807, 2.05) is 18.7 Å². The molecule has 116 valence electrons. The van der Waals surface area contributed by atoms with Crippen LogP contribution in [0.25, 0.3) is 0 Å². The molecular weight excluding hydrogens is 276 g/mol. The van der Waals surface area contributed by atoms with Crippen molar-refractivity contribution in [1.29, 1.82) is 0 Å². The number of likely N-dealkylation sites (tertiary alicyclic amines) is 1. The summed E-state index contributed by atoms with van der Waals surface area (Å²) in [7, 11) is 0. The quantitative estimate of drug-likeness (QED) is 0.709. The van der Waals surface area contributed by atoms with Crippen LogP contribution in [0.5, 0.6) is 0 Å². The Labute approximate surface area is 125 Å². The van der Waals surface area contributed by atoms with Crippen molar-refractivity contribution in [3.8, 4) is 0 Å². The van der Waals surface area contributed by atoms with Crippen LogP contribution in [-0.2, 0) is 4.79 Å². The van der Waals surface area contributed by atoms with Gasteiger partial charge in [0.25, 0.3) is 0 Å². The third-order valence-electron chi connectivity index (χ3n) is 3.75. The Balaban J connectivity index is 2.35. The molecule has 5 nitrogen and oxygen atoms in total. The molecule has 1 rings (SSSR count). The molecule has 20 heavy (non-hydrogen) atoms. The maximum Gasteiger partial charge on any atom is 0.326 e. The van der Waals surface area contributed by atoms with Gasteiger partial charge < -0.3 is 15.3 Å². The Bertz CT molecular complexity index is 326. The zero-order chi connectivity index (χ0) is 15.0. The van der Waals surface area contributed by atoms with Gasteiger partial charge in [-0.1, -0.05) is 13.3 Å². The number of carbonyl (C=O) groups is 2. The minimum atomic E-state index is -0.896. The highest BCUT2D eigenvalue weighted by atomic mass is 32.2. The van der Waals surface area contributed by atoms with Crippen molar-refractivity contribution in [2.45, 2.75) is 45.1 Å². The molecular formula is C14H26N2O3S. The number of hydrogen-bond donors (Lipinski definition) is 2. The molecule has 1 fully saturated rings. The summed E-state index contributed by atoms with van der Waals surface area (Å²) >= 11 is 1.83. The van der Waals surface area contributed by atoms with Crippen LogP contribution in [0.4, 0.5) is 4.79 Å². The predicted molar refractivity (Wildman–Crippen MR) is 82.2 cm³/mol. The number of hydrogen-bond acceptors (Lipinski definition) is 3. The third kappa shape index (κ3) is 5.23. The van der Waals surface area contributed by atoms with E-state index in [2.05, 4.69) is 11.6 Å². The van der Waals surface area contributed by atoms with Crippen LogP contribution in [0.15, 0.2) is 0 Å². The molecule has 1 aliphatic heterocycles. The summed E-state index contributed by atoms with van der Waals surface area (Å²) in [6.07, 6.45) is 7.05. The second-order valence-electron chi connectivity index (χ2n) is 5.38. The predicted octanol–water partition coefficient (Wildman–Crippen LogP) is 2.41. The number of carbonyl (C=O) groups excluding carboxylic acids is 1. The van der Waals surface area contributed by atoms with Gasteiger partial charge in [-0.3, -0.25) is 0 Å². The summed E-state index contributed by atoms with van der Waals surface area (Å²) in [5.74, 6) is 0.277. The lowest BCUT2D eigenvalue weighted by Gasteiger charge is -2.37. The van der Waals surface area contributed by atoms with Crippen LogP contribution in [0.2, 0.25) is 0 Å². The van der Waals surface area contributed by atoms with E-state index in [9.17, 15) is 14.7 Å². The highest BCUT2D eigenvalue weighted by Crippen LogP contribution is 2.23. The smallest absolute Gasteiger partial charge is 0.326 e. The van der Waals surface area contributed by atoms with E-state index < -0.39 is 12.0 Å². The lowest BCUT2D eigenvalue weighted by atomic mass is 9.91. The van der Waals surface area contributed by atoms with Crippen LogP contribution in [-0.4, -0.2) is 53.1 Å². The number of unbranched alkanes of at least 4 members (excludes halogenated alkanes) is 2. The van der Waals surface area contributed by atoms with Crippen LogP contribution < -0.4 is 5.32 Å². The molecule has 2 unspecified atom stereocenters. The highest BCUT2D eigenvalue weighted by Gasteiger charge is 2.36. The first-order valence-electron chi connectivity index (χ1n) is 7.34. The van der Waals surface area contributed by atoms with Crippen LogP contribution in [0.1, 0.15) is 39.0 Å². The van der Waals surface area contributed by atoms with Crippen LogP contribution in [0, 0.1) is 5.92 Å². The van der Waals surface area contributed by atoms with Gasteiger partial charge in [0.05, 0.1) is 0 Å². The number of carboxylic acids is 1. The Morgan fingerprint density at radius 1 is 1.35 bits per heavy atom. The number of nitrogens with one attached hydrogen (secondary N) is 1. The van der Waals surface area contributed by atoms with Crippen molar-refractivity contribution >= 4 is 23.8 Å². The van der Waals surface area contributed by atoms with Gasteiger partial charge in [-0.25, -0.2) is 9.59 Å². The molecule has 6 heteroatoms. The van der Waals surface area contributed by atoms with Gasteiger partial charge in [-0.2, -0.15) is 11.8 Å². The van der Waals surface area contributed by atoms with E-state index in [0.717, 1.165) is 37.9 Å². The summed E-state index contributed by atoms with van der Waals surface area (Å²) < 4.78 is 0. The van der Waals surface area contributed by atoms with Gasteiger partial charge in [0.1, 0.15) is 6.04 Å². The molecule has 0 aromatic heterocycles. The van der Waals surface area contributed by atoms with Gasteiger partial charge in [0.2, 0.25) is 0 Å². The minimum Gasteiger partial charge on any atom is -0.480 e. The molecule has 0 aliphatic carbocycles. The molecule has 0 aromatic rings. The van der Waals surface area contributed by atoms with E-state index in [4.69, 9.17) is 0 Å². The first-order valence-corrected chi connectivity index (χ1v) is 8.73. The van der Waals surface area contributed by atoms with Crippen LogP contribution >= 0.6 is 11.8 Å². The maximum absolute atomic E-state index is 12.1. The first-order chi connectivity index (χ1) is 9.57. The fourth-order valence-corrected chi connectivity index (χ4v) is 3.13. The number of aliphatic carboxylic acids is 1. The van der Waals surface area contributed by atoms with Crippen molar-refractivity contribution in [3.63, 3.8) is 0 Å². The van der Waals surface area contributed by atoms with Crippen molar-refractivity contribution in [1.82, 2.24) is 10.2 Å². The largest absolute Gasteiger partial charge is 0.480 e. The van der Waals surface area contributed by atoms with Crippen molar-refractivity contribution in [3.05, 3.63) is 0 Å². The molecule has 1 aliphatic rings. The molecule has 1 heterocycles. The zero-order valence-electron chi connectivity index (χ0n) is 12.4. The van der Waals surface area contributed by atoms with Gasteiger partial charge in [0.15, 0.2) is 0 Å². The molecule has 0 saturated carbocycles. The molecule has 1 saturated heterocycles. The van der Waals surface area contributed by atoms with Gasteiger partial charge in [-0.15, -0.1) is 0 Å². The Kier molecular flexibility index (Phi) is 7.80. The molecule has 0 aromatic carbocycles. The maximum atomic E-state index is 12.1. The van der Waals surface area contributed by atoms with E-state index in [1.165, 1.54) is 4.90 Å². The molecule has 0 spiro atoms. The van der Waals surface area contributed by atoms with E-state index in [0.29, 0.717) is 13.1 Å². The average molecular weight is 302 g/mol. The van der Waals surface area contributed by atoms with Gasteiger partial charge >= 0.3 is 12.0 Å². The lowest BCUT2D eigenvalue weighted by Crippen LogP contribution is -2.55. The van der Waals surface area contributed by atoms with E-state index in [1.54, 1.807) is 0 Å². The lowest BCUT2D eigenvalue weighted by molar-refractivity contribution is -0.145. The number of amides is 2.